The normalized spacial score (nSPS) is 35.2. The predicted molar refractivity (Wildman–Crippen MR) is 72.5 cm³/mol. The van der Waals surface area contributed by atoms with Gasteiger partial charge in [-0.05, 0) is 45.4 Å². The van der Waals surface area contributed by atoms with E-state index < -0.39 is 0 Å². The molecule has 1 saturated heterocycles. The van der Waals surface area contributed by atoms with Gasteiger partial charge in [0.15, 0.2) is 0 Å². The molecule has 2 amide bonds. The molecule has 2 unspecified atom stereocenters. The smallest absolute Gasteiger partial charge is 0.246 e. The molecule has 3 fully saturated rings. The summed E-state index contributed by atoms with van der Waals surface area (Å²) in [6.45, 7) is 3.96. The van der Waals surface area contributed by atoms with Crippen LogP contribution in [0.3, 0.4) is 0 Å². The summed E-state index contributed by atoms with van der Waals surface area (Å²) in [6.07, 6.45) is 7.88. The Morgan fingerprint density at radius 1 is 1.16 bits per heavy atom. The van der Waals surface area contributed by atoms with Crippen LogP contribution >= 0.6 is 0 Å². The van der Waals surface area contributed by atoms with Gasteiger partial charge in [0.1, 0.15) is 12.1 Å². The van der Waals surface area contributed by atoms with E-state index in [1.165, 1.54) is 19.3 Å². The van der Waals surface area contributed by atoms with Crippen molar-refractivity contribution in [1.82, 2.24) is 10.2 Å². The van der Waals surface area contributed by atoms with Gasteiger partial charge < -0.3 is 10.2 Å². The molecule has 2 atom stereocenters. The molecule has 0 spiro atoms. The first kappa shape index (κ1) is 12.9. The van der Waals surface area contributed by atoms with Crippen LogP contribution in [0, 0.1) is 5.92 Å². The van der Waals surface area contributed by atoms with Gasteiger partial charge in [0.25, 0.3) is 0 Å². The van der Waals surface area contributed by atoms with Gasteiger partial charge in [-0.15, -0.1) is 0 Å². The molecule has 3 aliphatic rings. The zero-order valence-electron chi connectivity index (χ0n) is 11.9. The van der Waals surface area contributed by atoms with Gasteiger partial charge in [0.05, 0.1) is 0 Å². The lowest BCUT2D eigenvalue weighted by molar-refractivity contribution is -0.154. The summed E-state index contributed by atoms with van der Waals surface area (Å²) < 4.78 is 0. The second-order valence-electron chi connectivity index (χ2n) is 6.77. The highest BCUT2D eigenvalue weighted by atomic mass is 16.2. The molecular weight excluding hydrogens is 240 g/mol. The molecule has 0 radical (unpaired) electrons. The van der Waals surface area contributed by atoms with E-state index in [4.69, 9.17) is 0 Å². The van der Waals surface area contributed by atoms with Gasteiger partial charge in [-0.25, -0.2) is 0 Å². The molecule has 4 heteroatoms. The minimum atomic E-state index is -0.306. The molecule has 1 aliphatic heterocycles. The van der Waals surface area contributed by atoms with Crippen LogP contribution in [0.25, 0.3) is 0 Å². The Morgan fingerprint density at radius 2 is 1.79 bits per heavy atom. The largest absolute Gasteiger partial charge is 0.342 e. The molecule has 2 aliphatic carbocycles. The quantitative estimate of drug-likeness (QED) is 0.827. The molecule has 1 N–H and O–H groups in total. The van der Waals surface area contributed by atoms with Crippen molar-refractivity contribution in [3.8, 4) is 0 Å². The SMILES string of the molecule is CC1C(=O)NC(C2CCCCC2)C(=O)N1C1(C)CC1. The molecule has 0 aromatic heterocycles. The zero-order chi connectivity index (χ0) is 13.6. The van der Waals surface area contributed by atoms with Crippen LogP contribution in [0.15, 0.2) is 0 Å². The van der Waals surface area contributed by atoms with Crippen LogP contribution in [-0.4, -0.2) is 34.3 Å². The average molecular weight is 264 g/mol. The summed E-state index contributed by atoms with van der Waals surface area (Å²) in [5.74, 6) is 0.546. The Balaban J connectivity index is 1.81. The highest BCUT2D eigenvalue weighted by Gasteiger charge is 2.53. The van der Waals surface area contributed by atoms with Crippen LogP contribution in [-0.2, 0) is 9.59 Å². The number of carbonyl (C=O) groups is 2. The lowest BCUT2D eigenvalue weighted by Gasteiger charge is -2.44. The van der Waals surface area contributed by atoms with E-state index in [9.17, 15) is 9.59 Å². The van der Waals surface area contributed by atoms with Gasteiger partial charge in [0, 0.05) is 5.54 Å². The molecule has 19 heavy (non-hydrogen) atoms. The van der Waals surface area contributed by atoms with Gasteiger partial charge in [0.2, 0.25) is 11.8 Å². The number of rotatable bonds is 2. The number of nitrogens with zero attached hydrogens (tertiary/aromatic N) is 1. The van der Waals surface area contributed by atoms with Crippen molar-refractivity contribution in [3.63, 3.8) is 0 Å². The van der Waals surface area contributed by atoms with Gasteiger partial charge in [-0.1, -0.05) is 19.3 Å². The standard InChI is InChI=1S/C15H24N2O2/c1-10-13(18)16-12(11-6-4-3-5-7-11)14(19)17(10)15(2)8-9-15/h10-12H,3-9H2,1-2H3,(H,16,18). The molecule has 1 heterocycles. The third kappa shape index (κ3) is 2.15. The van der Waals surface area contributed by atoms with Crippen molar-refractivity contribution in [1.29, 1.82) is 0 Å². The maximum Gasteiger partial charge on any atom is 0.246 e. The summed E-state index contributed by atoms with van der Waals surface area (Å²) >= 11 is 0. The first-order chi connectivity index (χ1) is 9.03. The third-order valence-electron chi connectivity index (χ3n) is 5.24. The molecule has 0 aromatic carbocycles. The summed E-state index contributed by atoms with van der Waals surface area (Å²) in [5.41, 5.74) is -0.0544. The molecule has 4 nitrogen and oxygen atoms in total. The second-order valence-corrected chi connectivity index (χ2v) is 6.77. The van der Waals surface area contributed by atoms with Gasteiger partial charge in [-0.2, -0.15) is 0 Å². The highest BCUT2D eigenvalue weighted by Crippen LogP contribution is 2.44. The summed E-state index contributed by atoms with van der Waals surface area (Å²) in [5, 5.41) is 2.99. The summed E-state index contributed by atoms with van der Waals surface area (Å²) in [6, 6.07) is -0.568. The van der Waals surface area contributed by atoms with Gasteiger partial charge >= 0.3 is 0 Å². The molecule has 0 aromatic rings. The van der Waals surface area contributed by atoms with Crippen LogP contribution in [0.2, 0.25) is 0 Å². The van der Waals surface area contributed by atoms with Gasteiger partial charge in [-0.3, -0.25) is 9.59 Å². The number of carbonyl (C=O) groups excluding carboxylic acids is 2. The fourth-order valence-electron chi connectivity index (χ4n) is 3.74. The monoisotopic (exact) mass is 264 g/mol. The molecular formula is C15H24N2O2. The minimum absolute atomic E-state index is 0.0308. The van der Waals surface area contributed by atoms with E-state index in [2.05, 4.69) is 12.2 Å². The van der Waals surface area contributed by atoms with Crippen molar-refractivity contribution in [3.05, 3.63) is 0 Å². The Hall–Kier alpha value is -1.06. The highest BCUT2D eigenvalue weighted by molar-refractivity contribution is 5.97. The Labute approximate surface area is 114 Å². The lowest BCUT2D eigenvalue weighted by Crippen LogP contribution is -2.67. The van der Waals surface area contributed by atoms with Crippen LogP contribution in [0.5, 0.6) is 0 Å². The van der Waals surface area contributed by atoms with Crippen molar-refractivity contribution in [2.45, 2.75) is 76.4 Å². The van der Waals surface area contributed by atoms with Crippen LogP contribution in [0.4, 0.5) is 0 Å². The molecule has 106 valence electrons. The Morgan fingerprint density at radius 3 is 2.37 bits per heavy atom. The van der Waals surface area contributed by atoms with Crippen molar-refractivity contribution in [2.24, 2.45) is 5.92 Å². The number of amides is 2. The zero-order valence-corrected chi connectivity index (χ0v) is 11.9. The fraction of sp³-hybridized carbons (Fsp3) is 0.867. The average Bonchev–Trinajstić information content (AvgIpc) is 3.14. The molecule has 2 saturated carbocycles. The topological polar surface area (TPSA) is 49.4 Å². The van der Waals surface area contributed by atoms with E-state index in [0.717, 1.165) is 25.7 Å². The van der Waals surface area contributed by atoms with E-state index in [-0.39, 0.29) is 29.4 Å². The first-order valence-corrected chi connectivity index (χ1v) is 7.66. The van der Waals surface area contributed by atoms with Crippen molar-refractivity contribution in [2.75, 3.05) is 0 Å². The summed E-state index contributed by atoms with van der Waals surface area (Å²) in [4.78, 5) is 26.8. The Bertz CT molecular complexity index is 397. The van der Waals surface area contributed by atoms with Crippen molar-refractivity contribution >= 4 is 11.8 Å². The van der Waals surface area contributed by atoms with E-state index in [1.807, 2.05) is 11.8 Å². The summed E-state index contributed by atoms with van der Waals surface area (Å²) in [7, 11) is 0. The van der Waals surface area contributed by atoms with E-state index >= 15 is 0 Å². The van der Waals surface area contributed by atoms with Crippen LogP contribution < -0.4 is 5.32 Å². The lowest BCUT2D eigenvalue weighted by atomic mass is 9.82. The maximum absolute atomic E-state index is 12.8. The fourth-order valence-corrected chi connectivity index (χ4v) is 3.74. The van der Waals surface area contributed by atoms with E-state index in [1.54, 1.807) is 0 Å². The number of nitrogens with one attached hydrogen (secondary N) is 1. The number of piperazine rings is 1. The second kappa shape index (κ2) is 4.50. The first-order valence-electron chi connectivity index (χ1n) is 7.66. The predicted octanol–water partition coefficient (Wildman–Crippen LogP) is 1.83. The minimum Gasteiger partial charge on any atom is -0.342 e. The number of hydrogen-bond acceptors (Lipinski definition) is 2. The van der Waals surface area contributed by atoms with E-state index in [0.29, 0.717) is 5.92 Å². The number of hydrogen-bond donors (Lipinski definition) is 1. The van der Waals surface area contributed by atoms with Crippen LogP contribution in [0.1, 0.15) is 58.8 Å². The van der Waals surface area contributed by atoms with Crippen molar-refractivity contribution < 1.29 is 9.59 Å². The molecule has 3 rings (SSSR count). The Kier molecular flexibility index (Phi) is 3.06. The molecule has 0 bridgehead atoms. The maximum atomic E-state index is 12.8. The third-order valence-corrected chi connectivity index (χ3v) is 5.24.